The van der Waals surface area contributed by atoms with E-state index < -0.39 is 6.29 Å². The molecule has 0 aromatic rings. The first-order chi connectivity index (χ1) is 5.70. The van der Waals surface area contributed by atoms with Gasteiger partial charge in [0.1, 0.15) is 0 Å². The predicted molar refractivity (Wildman–Crippen MR) is 50.6 cm³/mol. The van der Waals surface area contributed by atoms with Crippen LogP contribution >= 0.6 is 0 Å². The number of allylic oxidation sites excluding steroid dienone is 3. The molecule has 0 bridgehead atoms. The molecule has 0 aliphatic heterocycles. The summed E-state index contributed by atoms with van der Waals surface area (Å²) < 4.78 is 0. The fourth-order valence-corrected chi connectivity index (χ4v) is 0.870. The van der Waals surface area contributed by atoms with Gasteiger partial charge in [0.15, 0.2) is 6.29 Å². The van der Waals surface area contributed by atoms with E-state index in [9.17, 15) is 0 Å². The van der Waals surface area contributed by atoms with E-state index in [1.807, 2.05) is 0 Å². The number of rotatable bonds is 5. The van der Waals surface area contributed by atoms with E-state index in [4.69, 9.17) is 10.2 Å². The van der Waals surface area contributed by atoms with Gasteiger partial charge in [0.2, 0.25) is 0 Å². The molecule has 0 aromatic carbocycles. The van der Waals surface area contributed by atoms with Crippen LogP contribution in [0.1, 0.15) is 33.1 Å². The molecule has 0 aliphatic carbocycles. The van der Waals surface area contributed by atoms with E-state index in [0.717, 1.165) is 24.8 Å². The van der Waals surface area contributed by atoms with Crippen molar-refractivity contribution in [2.75, 3.05) is 0 Å². The van der Waals surface area contributed by atoms with Crippen LogP contribution in [0.3, 0.4) is 0 Å². The molecule has 12 heavy (non-hydrogen) atoms. The summed E-state index contributed by atoms with van der Waals surface area (Å²) in [5, 5.41) is 17.1. The van der Waals surface area contributed by atoms with E-state index in [1.54, 1.807) is 6.08 Å². The SMILES string of the molecule is CCC/C=C(/C=C/C(O)O)CC. The average molecular weight is 170 g/mol. The molecule has 0 atom stereocenters. The van der Waals surface area contributed by atoms with Gasteiger partial charge in [0, 0.05) is 0 Å². The Balaban J connectivity index is 3.98. The zero-order valence-corrected chi connectivity index (χ0v) is 7.83. The van der Waals surface area contributed by atoms with Crippen LogP contribution in [-0.4, -0.2) is 16.5 Å². The second kappa shape index (κ2) is 7.07. The van der Waals surface area contributed by atoms with Gasteiger partial charge in [-0.2, -0.15) is 0 Å². The molecule has 0 aromatic heterocycles. The molecule has 0 unspecified atom stereocenters. The van der Waals surface area contributed by atoms with E-state index >= 15 is 0 Å². The molecule has 70 valence electrons. The average Bonchev–Trinajstić information content (AvgIpc) is 2.05. The van der Waals surface area contributed by atoms with Crippen molar-refractivity contribution in [2.45, 2.75) is 39.4 Å². The Morgan fingerprint density at radius 3 is 2.42 bits per heavy atom. The predicted octanol–water partition coefficient (Wildman–Crippen LogP) is 1.99. The highest BCUT2D eigenvalue weighted by Crippen LogP contribution is 2.05. The summed E-state index contributed by atoms with van der Waals surface area (Å²) in [6.45, 7) is 4.17. The van der Waals surface area contributed by atoms with Crippen molar-refractivity contribution in [1.29, 1.82) is 0 Å². The Bertz CT molecular complexity index is 157. The fraction of sp³-hybridized carbons (Fsp3) is 0.600. The first kappa shape index (κ1) is 11.4. The summed E-state index contributed by atoms with van der Waals surface area (Å²) in [5.41, 5.74) is 1.16. The van der Waals surface area contributed by atoms with Crippen LogP contribution in [-0.2, 0) is 0 Å². The third-order valence-corrected chi connectivity index (χ3v) is 1.59. The highest BCUT2D eigenvalue weighted by Gasteiger charge is 1.90. The highest BCUT2D eigenvalue weighted by molar-refractivity contribution is 5.18. The molecule has 0 spiro atoms. The molecule has 2 nitrogen and oxygen atoms in total. The maximum absolute atomic E-state index is 8.56. The second-order valence-electron chi connectivity index (χ2n) is 2.69. The van der Waals surface area contributed by atoms with Crippen LogP contribution in [0.25, 0.3) is 0 Å². The summed E-state index contributed by atoms with van der Waals surface area (Å²) >= 11 is 0. The lowest BCUT2D eigenvalue weighted by Crippen LogP contribution is -1.97. The standard InChI is InChI=1S/C10H18O2/c1-3-5-6-9(4-2)7-8-10(11)12/h6-8,10-12H,3-5H2,1-2H3/b8-7+,9-6+. The van der Waals surface area contributed by atoms with Gasteiger partial charge < -0.3 is 10.2 Å². The molecule has 0 heterocycles. The van der Waals surface area contributed by atoms with Crippen molar-refractivity contribution >= 4 is 0 Å². The molecule has 0 radical (unpaired) electrons. The number of hydrogen-bond donors (Lipinski definition) is 2. The van der Waals surface area contributed by atoms with Crippen molar-refractivity contribution in [2.24, 2.45) is 0 Å². The second-order valence-corrected chi connectivity index (χ2v) is 2.69. The van der Waals surface area contributed by atoms with E-state index in [0.29, 0.717) is 0 Å². The largest absolute Gasteiger partial charge is 0.365 e. The summed E-state index contributed by atoms with van der Waals surface area (Å²) in [6, 6.07) is 0. The molecule has 0 fully saturated rings. The van der Waals surface area contributed by atoms with Gasteiger partial charge in [0.25, 0.3) is 0 Å². The van der Waals surface area contributed by atoms with Gasteiger partial charge in [0.05, 0.1) is 0 Å². The summed E-state index contributed by atoms with van der Waals surface area (Å²) in [4.78, 5) is 0. The zero-order valence-electron chi connectivity index (χ0n) is 7.83. The molecular formula is C10H18O2. The minimum absolute atomic E-state index is 0.934. The lowest BCUT2D eigenvalue weighted by Gasteiger charge is -1.97. The number of unbranched alkanes of at least 4 members (excludes halogenated alkanes) is 1. The molecule has 0 amide bonds. The van der Waals surface area contributed by atoms with Crippen molar-refractivity contribution in [3.63, 3.8) is 0 Å². The third kappa shape index (κ3) is 6.13. The maximum atomic E-state index is 8.56. The van der Waals surface area contributed by atoms with E-state index in [2.05, 4.69) is 19.9 Å². The van der Waals surface area contributed by atoms with Crippen LogP contribution in [0.2, 0.25) is 0 Å². The van der Waals surface area contributed by atoms with Gasteiger partial charge in [-0.1, -0.05) is 38.0 Å². The van der Waals surface area contributed by atoms with Crippen LogP contribution in [0.15, 0.2) is 23.8 Å². The summed E-state index contributed by atoms with van der Waals surface area (Å²) in [5.74, 6) is 0. The summed E-state index contributed by atoms with van der Waals surface area (Å²) in [7, 11) is 0. The van der Waals surface area contributed by atoms with Crippen LogP contribution < -0.4 is 0 Å². The highest BCUT2D eigenvalue weighted by atomic mass is 16.5. The quantitative estimate of drug-likeness (QED) is 0.489. The summed E-state index contributed by atoms with van der Waals surface area (Å²) in [6.07, 6.45) is 7.04. The van der Waals surface area contributed by atoms with Crippen molar-refractivity contribution in [3.8, 4) is 0 Å². The Morgan fingerprint density at radius 2 is 2.00 bits per heavy atom. The fourth-order valence-electron chi connectivity index (χ4n) is 0.870. The van der Waals surface area contributed by atoms with E-state index in [1.165, 1.54) is 6.08 Å². The maximum Gasteiger partial charge on any atom is 0.171 e. The monoisotopic (exact) mass is 170 g/mol. The van der Waals surface area contributed by atoms with Crippen LogP contribution in [0, 0.1) is 0 Å². The Hall–Kier alpha value is -0.600. The van der Waals surface area contributed by atoms with Crippen molar-refractivity contribution < 1.29 is 10.2 Å². The smallest absolute Gasteiger partial charge is 0.171 e. The van der Waals surface area contributed by atoms with Gasteiger partial charge >= 0.3 is 0 Å². The van der Waals surface area contributed by atoms with Crippen molar-refractivity contribution in [3.05, 3.63) is 23.8 Å². The van der Waals surface area contributed by atoms with Crippen LogP contribution in [0.5, 0.6) is 0 Å². The molecule has 0 saturated carbocycles. The van der Waals surface area contributed by atoms with Gasteiger partial charge in [-0.25, -0.2) is 0 Å². The van der Waals surface area contributed by atoms with Gasteiger partial charge in [-0.05, 0) is 18.9 Å². The Morgan fingerprint density at radius 1 is 1.33 bits per heavy atom. The molecule has 0 saturated heterocycles. The number of aliphatic hydroxyl groups excluding tert-OH is 1. The first-order valence-electron chi connectivity index (χ1n) is 4.44. The zero-order chi connectivity index (χ0) is 9.40. The first-order valence-corrected chi connectivity index (χ1v) is 4.44. The lowest BCUT2D eigenvalue weighted by molar-refractivity contribution is 0.00233. The normalized spacial score (nSPS) is 13.2. The van der Waals surface area contributed by atoms with E-state index in [-0.39, 0.29) is 0 Å². The number of hydrogen-bond acceptors (Lipinski definition) is 2. The molecule has 2 N–H and O–H groups in total. The Kier molecular flexibility index (Phi) is 6.72. The molecular weight excluding hydrogens is 152 g/mol. The minimum atomic E-state index is -1.33. The van der Waals surface area contributed by atoms with Gasteiger partial charge in [-0.15, -0.1) is 0 Å². The molecule has 0 aliphatic rings. The topological polar surface area (TPSA) is 40.5 Å². The molecule has 2 heteroatoms. The van der Waals surface area contributed by atoms with Crippen molar-refractivity contribution in [1.82, 2.24) is 0 Å². The Labute approximate surface area is 74.2 Å². The third-order valence-electron chi connectivity index (χ3n) is 1.59. The lowest BCUT2D eigenvalue weighted by atomic mass is 10.1. The number of aliphatic hydroxyl groups is 2. The minimum Gasteiger partial charge on any atom is -0.365 e. The van der Waals surface area contributed by atoms with Gasteiger partial charge in [-0.3, -0.25) is 0 Å². The molecule has 0 rings (SSSR count). The van der Waals surface area contributed by atoms with Crippen LogP contribution in [0.4, 0.5) is 0 Å².